The second kappa shape index (κ2) is 6.30. The fraction of sp³-hybridized carbons (Fsp3) is 0.471. The lowest BCUT2D eigenvalue weighted by atomic mass is 9.98. The molecule has 1 aliphatic carbocycles. The van der Waals surface area contributed by atoms with Gasteiger partial charge in [-0.15, -0.1) is 5.10 Å². The quantitative estimate of drug-likeness (QED) is 0.815. The second-order valence-electron chi connectivity index (χ2n) is 5.94. The summed E-state index contributed by atoms with van der Waals surface area (Å²) in [7, 11) is 0. The molecular weight excluding hydrogens is 278 g/mol. The molecule has 0 bridgehead atoms. The average Bonchev–Trinajstić information content (AvgIpc) is 2.91. The van der Waals surface area contributed by atoms with Crippen LogP contribution >= 0.6 is 0 Å². The smallest absolute Gasteiger partial charge is 0.361 e. The molecule has 1 fully saturated rings. The highest BCUT2D eigenvalue weighted by Gasteiger charge is 2.23. The van der Waals surface area contributed by atoms with Gasteiger partial charge in [0.15, 0.2) is 5.69 Å². The van der Waals surface area contributed by atoms with Gasteiger partial charge in [-0.05, 0) is 51.7 Å². The molecule has 1 saturated carbocycles. The van der Waals surface area contributed by atoms with Crippen molar-refractivity contribution in [2.45, 2.75) is 52.1 Å². The summed E-state index contributed by atoms with van der Waals surface area (Å²) < 4.78 is 7.25. The van der Waals surface area contributed by atoms with Crippen LogP contribution in [-0.4, -0.2) is 27.1 Å². The number of hydrogen-bond acceptors (Lipinski definition) is 4. The Labute approximate surface area is 130 Å². The molecule has 1 heterocycles. The van der Waals surface area contributed by atoms with Gasteiger partial charge in [-0.25, -0.2) is 9.48 Å². The van der Waals surface area contributed by atoms with Crippen LogP contribution in [0, 0.1) is 13.8 Å². The number of hydrogen-bond donors (Lipinski definition) is 0. The average molecular weight is 299 g/mol. The van der Waals surface area contributed by atoms with E-state index < -0.39 is 0 Å². The summed E-state index contributed by atoms with van der Waals surface area (Å²) in [6, 6.07) is 7.95. The summed E-state index contributed by atoms with van der Waals surface area (Å²) in [5.74, 6) is -0.359. The van der Waals surface area contributed by atoms with Gasteiger partial charge in [0.05, 0.1) is 11.4 Å². The molecule has 2 aromatic rings. The lowest BCUT2D eigenvalue weighted by molar-refractivity contribution is 0.0203. The first-order valence-corrected chi connectivity index (χ1v) is 7.85. The van der Waals surface area contributed by atoms with Crippen LogP contribution in [-0.2, 0) is 4.74 Å². The largest absolute Gasteiger partial charge is 0.458 e. The number of benzene rings is 1. The maximum Gasteiger partial charge on any atom is 0.361 e. The summed E-state index contributed by atoms with van der Waals surface area (Å²) >= 11 is 0. The van der Waals surface area contributed by atoms with Crippen molar-refractivity contribution in [2.24, 2.45) is 0 Å². The Balaban J connectivity index is 1.77. The molecule has 5 heteroatoms. The molecule has 0 saturated heterocycles. The van der Waals surface area contributed by atoms with E-state index in [1.165, 1.54) is 12.0 Å². The van der Waals surface area contributed by atoms with E-state index in [1.807, 2.05) is 38.1 Å². The molecule has 0 amide bonds. The lowest BCUT2D eigenvalue weighted by Crippen LogP contribution is -2.21. The maximum atomic E-state index is 12.3. The van der Waals surface area contributed by atoms with E-state index in [9.17, 15) is 4.79 Å². The minimum absolute atomic E-state index is 0.0326. The van der Waals surface area contributed by atoms with Gasteiger partial charge < -0.3 is 4.74 Å². The zero-order chi connectivity index (χ0) is 15.5. The minimum Gasteiger partial charge on any atom is -0.458 e. The lowest BCUT2D eigenvalue weighted by Gasteiger charge is -2.21. The highest BCUT2D eigenvalue weighted by Crippen LogP contribution is 2.22. The van der Waals surface area contributed by atoms with Crippen molar-refractivity contribution in [3.63, 3.8) is 0 Å². The molecule has 3 rings (SSSR count). The van der Waals surface area contributed by atoms with E-state index >= 15 is 0 Å². The number of ether oxygens (including phenoxy) is 1. The van der Waals surface area contributed by atoms with Crippen LogP contribution in [0.15, 0.2) is 24.3 Å². The zero-order valence-electron chi connectivity index (χ0n) is 13.1. The monoisotopic (exact) mass is 299 g/mol. The van der Waals surface area contributed by atoms with Crippen molar-refractivity contribution >= 4 is 5.97 Å². The van der Waals surface area contributed by atoms with Crippen molar-refractivity contribution in [1.29, 1.82) is 0 Å². The predicted molar refractivity (Wildman–Crippen MR) is 83.1 cm³/mol. The fourth-order valence-corrected chi connectivity index (χ4v) is 2.84. The van der Waals surface area contributed by atoms with Crippen LogP contribution in [0.5, 0.6) is 0 Å². The van der Waals surface area contributed by atoms with Gasteiger partial charge in [-0.1, -0.05) is 29.3 Å². The van der Waals surface area contributed by atoms with Gasteiger partial charge in [-0.2, -0.15) is 0 Å². The van der Waals surface area contributed by atoms with Gasteiger partial charge in [0.2, 0.25) is 0 Å². The normalized spacial score (nSPS) is 15.7. The first kappa shape index (κ1) is 14.8. The first-order valence-electron chi connectivity index (χ1n) is 7.85. The van der Waals surface area contributed by atoms with Crippen LogP contribution in [0.4, 0.5) is 0 Å². The molecule has 0 radical (unpaired) electrons. The van der Waals surface area contributed by atoms with Gasteiger partial charge in [-0.3, -0.25) is 0 Å². The summed E-state index contributed by atoms with van der Waals surface area (Å²) in [4.78, 5) is 12.3. The second-order valence-corrected chi connectivity index (χ2v) is 5.94. The predicted octanol–water partition coefficient (Wildman–Crippen LogP) is 3.37. The van der Waals surface area contributed by atoms with E-state index in [0.717, 1.165) is 31.4 Å². The van der Waals surface area contributed by atoms with Gasteiger partial charge in [0.25, 0.3) is 0 Å². The molecule has 0 unspecified atom stereocenters. The third kappa shape index (κ3) is 3.03. The number of aromatic nitrogens is 3. The summed E-state index contributed by atoms with van der Waals surface area (Å²) in [6.07, 6.45) is 5.44. The third-order valence-electron chi connectivity index (χ3n) is 4.19. The molecule has 0 aliphatic heterocycles. The molecule has 1 aliphatic rings. The molecule has 0 N–H and O–H groups in total. The highest BCUT2D eigenvalue weighted by molar-refractivity contribution is 5.88. The Morgan fingerprint density at radius 1 is 1.14 bits per heavy atom. The molecule has 1 aromatic heterocycles. The van der Waals surface area contributed by atoms with E-state index in [4.69, 9.17) is 4.74 Å². The van der Waals surface area contributed by atoms with E-state index in [-0.39, 0.29) is 12.1 Å². The molecule has 0 atom stereocenters. The molecule has 0 spiro atoms. The maximum absolute atomic E-state index is 12.3. The Kier molecular flexibility index (Phi) is 4.22. The number of carbonyl (C=O) groups is 1. The van der Waals surface area contributed by atoms with Crippen molar-refractivity contribution in [3.8, 4) is 5.69 Å². The Hall–Kier alpha value is -2.17. The summed E-state index contributed by atoms with van der Waals surface area (Å²) in [6.45, 7) is 3.88. The molecule has 116 valence electrons. The van der Waals surface area contributed by atoms with Crippen LogP contribution in [0.1, 0.15) is 53.8 Å². The third-order valence-corrected chi connectivity index (χ3v) is 4.19. The number of rotatable bonds is 3. The summed E-state index contributed by atoms with van der Waals surface area (Å²) in [5, 5.41) is 8.11. The van der Waals surface area contributed by atoms with Gasteiger partial charge in [0.1, 0.15) is 6.10 Å². The van der Waals surface area contributed by atoms with Crippen molar-refractivity contribution in [3.05, 3.63) is 41.2 Å². The fourth-order valence-electron chi connectivity index (χ4n) is 2.84. The number of carbonyl (C=O) groups excluding carboxylic acids is 1. The van der Waals surface area contributed by atoms with Crippen LogP contribution in [0.25, 0.3) is 5.69 Å². The van der Waals surface area contributed by atoms with Crippen LogP contribution in [0.3, 0.4) is 0 Å². The van der Waals surface area contributed by atoms with Gasteiger partial charge in [0, 0.05) is 0 Å². The minimum atomic E-state index is -0.359. The van der Waals surface area contributed by atoms with Crippen molar-refractivity contribution in [2.75, 3.05) is 0 Å². The summed E-state index contributed by atoms with van der Waals surface area (Å²) in [5.41, 5.74) is 3.10. The van der Waals surface area contributed by atoms with Crippen LogP contribution < -0.4 is 0 Å². The number of nitrogens with zero attached hydrogens (tertiary/aromatic N) is 3. The highest BCUT2D eigenvalue weighted by atomic mass is 16.5. The Morgan fingerprint density at radius 3 is 2.50 bits per heavy atom. The van der Waals surface area contributed by atoms with Crippen LogP contribution in [0.2, 0.25) is 0 Å². The Bertz CT molecular complexity index is 655. The van der Waals surface area contributed by atoms with E-state index in [1.54, 1.807) is 4.68 Å². The topological polar surface area (TPSA) is 57.0 Å². The standard InChI is InChI=1S/C17H21N3O2/c1-12-8-10-14(11-9-12)20-13(2)16(18-19-20)17(21)22-15-6-4-3-5-7-15/h8-11,15H,3-7H2,1-2H3. The Morgan fingerprint density at radius 2 is 1.82 bits per heavy atom. The molecule has 1 aromatic carbocycles. The van der Waals surface area contributed by atoms with Gasteiger partial charge >= 0.3 is 5.97 Å². The van der Waals surface area contributed by atoms with Crippen molar-refractivity contribution < 1.29 is 9.53 Å². The van der Waals surface area contributed by atoms with E-state index in [2.05, 4.69) is 10.3 Å². The van der Waals surface area contributed by atoms with E-state index in [0.29, 0.717) is 11.4 Å². The molecule has 5 nitrogen and oxygen atoms in total. The first-order chi connectivity index (χ1) is 10.6. The molecular formula is C17H21N3O2. The number of aryl methyl sites for hydroxylation is 1. The SMILES string of the molecule is Cc1ccc(-n2nnc(C(=O)OC3CCCCC3)c2C)cc1. The molecule has 22 heavy (non-hydrogen) atoms. The number of esters is 1. The zero-order valence-corrected chi connectivity index (χ0v) is 13.1. The van der Waals surface area contributed by atoms with Crippen molar-refractivity contribution in [1.82, 2.24) is 15.0 Å².